The molecule has 31 heavy (non-hydrogen) atoms. The number of carbonyl (C=O) groups excluding carboxylic acids is 1. The van der Waals surface area contributed by atoms with Gasteiger partial charge in [-0.15, -0.1) is 0 Å². The molecule has 1 N–H and O–H groups in total. The summed E-state index contributed by atoms with van der Waals surface area (Å²) in [5.41, 5.74) is 2.21. The first kappa shape index (κ1) is 23.4. The van der Waals surface area contributed by atoms with Crippen LogP contribution in [0.4, 0.5) is 5.69 Å². The molecule has 2 atom stereocenters. The van der Waals surface area contributed by atoms with Crippen molar-refractivity contribution in [2.24, 2.45) is 11.8 Å². The number of benzene rings is 2. The average Bonchev–Trinajstić information content (AvgIpc) is 2.72. The van der Waals surface area contributed by atoms with E-state index in [4.69, 9.17) is 0 Å². The van der Waals surface area contributed by atoms with Crippen LogP contribution in [0.2, 0.25) is 0 Å². The van der Waals surface area contributed by atoms with E-state index in [9.17, 15) is 13.2 Å². The van der Waals surface area contributed by atoms with E-state index < -0.39 is 10.0 Å². The Hall–Kier alpha value is -2.22. The molecular formula is C24H33N3O3S. The van der Waals surface area contributed by atoms with E-state index in [1.54, 1.807) is 22.5 Å². The van der Waals surface area contributed by atoms with Gasteiger partial charge in [-0.1, -0.05) is 32.0 Å². The predicted molar refractivity (Wildman–Crippen MR) is 125 cm³/mol. The van der Waals surface area contributed by atoms with Gasteiger partial charge >= 0.3 is 0 Å². The molecule has 1 heterocycles. The lowest BCUT2D eigenvalue weighted by Gasteiger charge is -2.34. The molecule has 2 aromatic carbocycles. The molecule has 2 aromatic rings. The molecule has 6 nitrogen and oxygen atoms in total. The highest BCUT2D eigenvalue weighted by Crippen LogP contribution is 2.27. The van der Waals surface area contributed by atoms with Crippen molar-refractivity contribution >= 4 is 21.6 Å². The van der Waals surface area contributed by atoms with Gasteiger partial charge in [0, 0.05) is 30.9 Å². The number of amides is 1. The number of sulfonamides is 1. The molecule has 0 aromatic heterocycles. The van der Waals surface area contributed by atoms with Crippen LogP contribution in [-0.2, 0) is 16.4 Å². The summed E-state index contributed by atoms with van der Waals surface area (Å²) in [5, 5.41) is 2.86. The van der Waals surface area contributed by atoms with Crippen molar-refractivity contribution in [3.63, 3.8) is 0 Å². The van der Waals surface area contributed by atoms with E-state index >= 15 is 0 Å². The minimum atomic E-state index is -3.63. The second-order valence-electron chi connectivity index (χ2n) is 9.00. The van der Waals surface area contributed by atoms with Gasteiger partial charge in [-0.3, -0.25) is 4.79 Å². The third kappa shape index (κ3) is 6.15. The van der Waals surface area contributed by atoms with Crippen LogP contribution in [0.5, 0.6) is 0 Å². The van der Waals surface area contributed by atoms with Gasteiger partial charge in [0.1, 0.15) is 0 Å². The SMILES string of the molecule is CC1CC(C)CN(S(=O)(=O)c2cccc(C(=O)Nc3ccc(CCN(C)C)cc3)c2)C1. The number of nitrogens with zero attached hydrogens (tertiary/aromatic N) is 2. The Labute approximate surface area is 186 Å². The number of carbonyl (C=O) groups is 1. The predicted octanol–water partition coefficient (Wildman–Crippen LogP) is 3.71. The molecule has 1 aliphatic rings. The van der Waals surface area contributed by atoms with Crippen molar-refractivity contribution in [1.29, 1.82) is 0 Å². The third-order valence-corrected chi connectivity index (χ3v) is 7.46. The second-order valence-corrected chi connectivity index (χ2v) is 10.9. The Balaban J connectivity index is 1.71. The van der Waals surface area contributed by atoms with E-state index in [0.717, 1.165) is 19.4 Å². The number of hydrogen-bond acceptors (Lipinski definition) is 4. The van der Waals surface area contributed by atoms with Gasteiger partial charge in [0.05, 0.1) is 4.90 Å². The standard InChI is InChI=1S/C24H33N3O3S/c1-18-14-19(2)17-27(16-18)31(29,30)23-7-5-6-21(15-23)24(28)25-22-10-8-20(9-11-22)12-13-26(3)4/h5-11,15,18-19H,12-14,16-17H2,1-4H3,(H,25,28). The first-order chi connectivity index (χ1) is 14.6. The summed E-state index contributed by atoms with van der Waals surface area (Å²) in [4.78, 5) is 15.0. The summed E-state index contributed by atoms with van der Waals surface area (Å²) < 4.78 is 27.8. The Morgan fingerprint density at radius 2 is 1.71 bits per heavy atom. The molecular weight excluding hydrogens is 410 g/mol. The fraction of sp³-hybridized carbons (Fsp3) is 0.458. The molecule has 1 amide bonds. The van der Waals surface area contributed by atoms with Crippen LogP contribution >= 0.6 is 0 Å². The van der Waals surface area contributed by atoms with Gasteiger partial charge in [0.15, 0.2) is 0 Å². The lowest BCUT2D eigenvalue weighted by Crippen LogP contribution is -2.42. The van der Waals surface area contributed by atoms with Gasteiger partial charge in [-0.25, -0.2) is 8.42 Å². The van der Waals surface area contributed by atoms with Crippen LogP contribution in [0.15, 0.2) is 53.4 Å². The van der Waals surface area contributed by atoms with Crippen molar-refractivity contribution in [2.75, 3.05) is 39.0 Å². The quantitative estimate of drug-likeness (QED) is 0.708. The summed E-state index contributed by atoms with van der Waals surface area (Å²) in [6.07, 6.45) is 1.97. The molecule has 1 saturated heterocycles. The van der Waals surface area contributed by atoms with E-state index in [1.165, 1.54) is 11.6 Å². The molecule has 0 aliphatic carbocycles. The molecule has 0 bridgehead atoms. The zero-order valence-electron chi connectivity index (χ0n) is 18.8. The van der Waals surface area contributed by atoms with Crippen LogP contribution in [-0.4, -0.2) is 57.3 Å². The van der Waals surface area contributed by atoms with Crippen molar-refractivity contribution in [2.45, 2.75) is 31.6 Å². The van der Waals surface area contributed by atoms with E-state index in [1.807, 2.05) is 38.4 Å². The number of anilines is 1. The first-order valence-corrected chi connectivity index (χ1v) is 12.2. The van der Waals surface area contributed by atoms with E-state index in [-0.39, 0.29) is 10.8 Å². The highest BCUT2D eigenvalue weighted by molar-refractivity contribution is 7.89. The van der Waals surface area contributed by atoms with Crippen LogP contribution in [0, 0.1) is 11.8 Å². The third-order valence-electron chi connectivity index (χ3n) is 5.63. The largest absolute Gasteiger partial charge is 0.322 e. The summed E-state index contributed by atoms with van der Waals surface area (Å²) in [6.45, 7) is 6.15. The summed E-state index contributed by atoms with van der Waals surface area (Å²) in [6, 6.07) is 14.1. The summed E-state index contributed by atoms with van der Waals surface area (Å²) in [5.74, 6) is 0.329. The number of rotatable bonds is 7. The minimum absolute atomic E-state index is 0.167. The molecule has 168 valence electrons. The zero-order valence-corrected chi connectivity index (χ0v) is 19.7. The fourth-order valence-electron chi connectivity index (χ4n) is 4.06. The minimum Gasteiger partial charge on any atom is -0.322 e. The van der Waals surface area contributed by atoms with Gasteiger partial charge < -0.3 is 10.2 Å². The van der Waals surface area contributed by atoms with E-state index in [2.05, 4.69) is 24.1 Å². The smallest absolute Gasteiger partial charge is 0.255 e. The number of nitrogens with one attached hydrogen (secondary N) is 1. The number of hydrogen-bond donors (Lipinski definition) is 1. The van der Waals surface area contributed by atoms with Crippen molar-refractivity contribution in [1.82, 2.24) is 9.21 Å². The lowest BCUT2D eigenvalue weighted by molar-refractivity contribution is 0.102. The molecule has 2 unspecified atom stereocenters. The van der Waals surface area contributed by atoms with Gasteiger partial charge in [-0.05, 0) is 74.7 Å². The van der Waals surface area contributed by atoms with Crippen LogP contribution in [0.1, 0.15) is 36.2 Å². The van der Waals surface area contributed by atoms with Crippen molar-refractivity contribution < 1.29 is 13.2 Å². The summed E-state index contributed by atoms with van der Waals surface area (Å²) >= 11 is 0. The zero-order chi connectivity index (χ0) is 22.6. The molecule has 0 radical (unpaired) electrons. The second kappa shape index (κ2) is 9.94. The normalized spacial score (nSPS) is 20.0. The first-order valence-electron chi connectivity index (χ1n) is 10.8. The van der Waals surface area contributed by atoms with E-state index in [0.29, 0.717) is 36.2 Å². The van der Waals surface area contributed by atoms with Crippen molar-refractivity contribution in [3.05, 3.63) is 59.7 Å². The Morgan fingerprint density at radius 1 is 1.06 bits per heavy atom. The Bertz CT molecular complexity index is 993. The number of likely N-dealkylation sites (N-methyl/N-ethyl adjacent to an activating group) is 1. The van der Waals surface area contributed by atoms with Gasteiger partial charge in [0.25, 0.3) is 5.91 Å². The molecule has 0 spiro atoms. The maximum absolute atomic E-state index is 13.1. The summed E-state index contributed by atoms with van der Waals surface area (Å²) in [7, 11) is 0.448. The Morgan fingerprint density at radius 3 is 2.32 bits per heavy atom. The highest BCUT2D eigenvalue weighted by Gasteiger charge is 2.31. The Kier molecular flexibility index (Phi) is 7.51. The highest BCUT2D eigenvalue weighted by atomic mass is 32.2. The fourth-order valence-corrected chi connectivity index (χ4v) is 5.79. The average molecular weight is 444 g/mol. The lowest BCUT2D eigenvalue weighted by atomic mass is 9.94. The molecule has 1 aliphatic heterocycles. The topological polar surface area (TPSA) is 69.7 Å². The van der Waals surface area contributed by atoms with Gasteiger partial charge in [0.2, 0.25) is 10.0 Å². The van der Waals surface area contributed by atoms with Gasteiger partial charge in [-0.2, -0.15) is 4.31 Å². The molecule has 1 fully saturated rings. The monoisotopic (exact) mass is 443 g/mol. The molecule has 0 saturated carbocycles. The van der Waals surface area contributed by atoms with Crippen LogP contribution in [0.3, 0.4) is 0 Å². The maximum Gasteiger partial charge on any atom is 0.255 e. The molecule has 3 rings (SSSR count). The van der Waals surface area contributed by atoms with Crippen molar-refractivity contribution in [3.8, 4) is 0 Å². The van der Waals surface area contributed by atoms with Crippen LogP contribution < -0.4 is 5.32 Å². The van der Waals surface area contributed by atoms with Crippen LogP contribution in [0.25, 0.3) is 0 Å². The maximum atomic E-state index is 13.1. The number of piperidine rings is 1. The molecule has 7 heteroatoms.